The van der Waals surface area contributed by atoms with Crippen LogP contribution in [-0.4, -0.2) is 93.0 Å². The first-order chi connectivity index (χ1) is 20.1. The molecule has 1 unspecified atom stereocenters. The molecule has 0 aromatic heterocycles. The maximum atomic E-state index is 9.84. The molecule has 3 rings (SSSR count). The summed E-state index contributed by atoms with van der Waals surface area (Å²) < 4.78 is 19.3. The van der Waals surface area contributed by atoms with Crippen molar-refractivity contribution in [2.75, 3.05) is 17.6 Å². The van der Waals surface area contributed by atoms with Crippen LogP contribution < -0.4 is 0 Å². The Kier molecular flexibility index (Phi) is 26.5. The number of halogens is 1. The summed E-state index contributed by atoms with van der Waals surface area (Å²) in [5.74, 6) is -0.111. The first kappa shape index (κ1) is 45.6. The third-order valence-electron chi connectivity index (χ3n) is 8.00. The maximum Gasteiger partial charge on any atom is 0.223 e. The Morgan fingerprint density at radius 2 is 1.77 bits per heavy atom. The molecule has 0 radical (unpaired) electrons. The van der Waals surface area contributed by atoms with E-state index < -0.39 is 6.10 Å². The van der Waals surface area contributed by atoms with Crippen molar-refractivity contribution < 1.29 is 59.3 Å². The molecule has 0 saturated carbocycles. The molecule has 0 aromatic carbocycles. The molecule has 0 aliphatic carbocycles. The predicted octanol–water partition coefficient (Wildman–Crippen LogP) is 4.42. The summed E-state index contributed by atoms with van der Waals surface area (Å²) in [5, 5.41) is 36.3. The molecule has 3 saturated heterocycles. The summed E-state index contributed by atoms with van der Waals surface area (Å²) >= 11 is 2.40. The number of hydrogen-bond donors (Lipinski definition) is 3. The number of hydrogen-bond acceptors (Lipinski definition) is 8. The zero-order valence-electron chi connectivity index (χ0n) is 26.9. The number of nitriles is 1. The van der Waals surface area contributed by atoms with Gasteiger partial charge in [0, 0.05) is 62.8 Å². The van der Waals surface area contributed by atoms with Gasteiger partial charge in [-0.3, -0.25) is 6.29 Å². The number of rotatable bonds is 14. The number of ether oxygens (including phenoxy) is 3. The minimum Gasteiger partial charge on any atom is -0.542 e. The van der Waals surface area contributed by atoms with Crippen LogP contribution >= 0.6 is 22.6 Å². The number of aliphatic hydroxyl groups is 3. The van der Waals surface area contributed by atoms with Gasteiger partial charge >= 0.3 is 0 Å². The Balaban J connectivity index is 0. The summed E-state index contributed by atoms with van der Waals surface area (Å²) in [6, 6.07) is 2.17. The van der Waals surface area contributed by atoms with E-state index in [1.165, 1.54) is 13.2 Å². The normalized spacial score (nSPS) is 28.9. The van der Waals surface area contributed by atoms with Gasteiger partial charge in [0.25, 0.3) is 0 Å². The van der Waals surface area contributed by atoms with Crippen LogP contribution in [0.15, 0.2) is 12.2 Å². The molecule has 0 spiro atoms. The van der Waals surface area contributed by atoms with Gasteiger partial charge in [-0.25, -0.2) is 6.57 Å². The molecule has 3 aliphatic rings. The van der Waals surface area contributed by atoms with Gasteiger partial charge in [0.1, 0.15) is 5.60 Å². The summed E-state index contributed by atoms with van der Waals surface area (Å²) in [4.78, 5) is 12.3. The van der Waals surface area contributed by atoms with E-state index in [4.69, 9.17) is 41.1 Å². The van der Waals surface area contributed by atoms with Gasteiger partial charge in [-0.15, -0.1) is 0 Å². The van der Waals surface area contributed by atoms with Crippen molar-refractivity contribution >= 4 is 28.9 Å². The fourth-order valence-electron chi connectivity index (χ4n) is 5.85. The predicted molar refractivity (Wildman–Crippen MR) is 174 cm³/mol. The number of fused-ring (bicyclic) bond motifs is 1. The molecule has 0 aromatic rings. The molecular formula is C32H54IN2O8Zn-. The molecule has 3 fully saturated rings. The van der Waals surface area contributed by atoms with Gasteiger partial charge in [-0.1, -0.05) is 29.2 Å². The number of carbonyl (C=O) groups excluding carboxylic acids is 1. The standard InChI is InChI=1S/C15H24INO3.C15H25NO3.C2H3O.H2O.Zn/c1-11(17-2)8-12-5-6-14-15(10-16,20-12)9-13(19-14)4-3-7-18;1-11(10-16)8-13(18)5-6-15-12(2)9-14(19-15)4-3-7-17;1-2-3;;/h11-14,18H,3-10H2,1H3;11,13-15,17-18H,2-9H2,1H3;1H3;1H2;/q;;-1;;/t11-,12-,13+,14+,15-;11-,13?,14+,15+;;;/m11.../s1. The van der Waals surface area contributed by atoms with Crippen molar-refractivity contribution in [1.82, 2.24) is 0 Å². The van der Waals surface area contributed by atoms with E-state index in [-0.39, 0.29) is 86.2 Å². The zero-order valence-corrected chi connectivity index (χ0v) is 32.0. The number of alkyl halides is 1. The van der Waals surface area contributed by atoms with Crippen LogP contribution in [0.2, 0.25) is 0 Å². The van der Waals surface area contributed by atoms with Crippen molar-refractivity contribution in [3.63, 3.8) is 0 Å². The quantitative estimate of drug-likeness (QED) is 0.0766. The first-order valence-corrected chi connectivity index (χ1v) is 16.8. The average Bonchev–Trinajstić information content (AvgIpc) is 3.53. The van der Waals surface area contributed by atoms with E-state index in [0.717, 1.165) is 74.2 Å². The SMILES string of the molecule is C=C1C[C@H](CCCO)O[C@H]1CCC(O)C[C@@H](C)C#N.C[C-]=O.O.[C-]#[N+][C@H](C)C[C@H]1CC[C@@H]2O[C@@H](CCCO)C[C@]2(CI)O1.[Zn]. The van der Waals surface area contributed by atoms with Gasteiger partial charge in [0.15, 0.2) is 0 Å². The molecule has 0 bridgehead atoms. The number of nitrogens with zero attached hydrogens (tertiary/aromatic N) is 2. The van der Waals surface area contributed by atoms with Crippen molar-refractivity contribution in [1.29, 1.82) is 5.26 Å². The van der Waals surface area contributed by atoms with E-state index in [0.29, 0.717) is 12.8 Å². The van der Waals surface area contributed by atoms with Gasteiger partial charge in [-0.2, -0.15) is 12.2 Å². The molecule has 12 heteroatoms. The molecular weight excluding hydrogens is 733 g/mol. The van der Waals surface area contributed by atoms with Crippen molar-refractivity contribution in [3.05, 3.63) is 23.6 Å². The average molecular weight is 787 g/mol. The fraction of sp³-hybridized carbons (Fsp3) is 0.844. The Morgan fingerprint density at radius 1 is 1.16 bits per heavy atom. The first-order valence-electron chi connectivity index (χ1n) is 15.3. The van der Waals surface area contributed by atoms with Crippen LogP contribution in [0.4, 0.5) is 0 Å². The molecule has 9 atom stereocenters. The maximum absolute atomic E-state index is 9.84. The van der Waals surface area contributed by atoms with Crippen molar-refractivity contribution in [2.24, 2.45) is 5.92 Å². The number of aliphatic hydroxyl groups excluding tert-OH is 3. The molecule has 3 heterocycles. The molecule has 0 amide bonds. The Hall–Kier alpha value is -0.537. The third kappa shape index (κ3) is 16.3. The van der Waals surface area contributed by atoms with Crippen LogP contribution in [0.1, 0.15) is 97.8 Å². The molecule has 5 N–H and O–H groups in total. The molecule has 10 nitrogen and oxygen atoms in total. The summed E-state index contributed by atoms with van der Waals surface area (Å²) in [7, 11) is 0. The van der Waals surface area contributed by atoms with Crippen LogP contribution in [0.5, 0.6) is 0 Å². The van der Waals surface area contributed by atoms with Gasteiger partial charge in [0.05, 0.1) is 42.7 Å². The topological polar surface area (TPSA) is 165 Å². The van der Waals surface area contributed by atoms with Crippen LogP contribution in [-0.2, 0) is 38.5 Å². The van der Waals surface area contributed by atoms with Crippen LogP contribution in [0.25, 0.3) is 4.85 Å². The molecule has 3 aliphatic heterocycles. The Bertz CT molecular complexity index is 872. The monoisotopic (exact) mass is 785 g/mol. The molecule has 44 heavy (non-hydrogen) atoms. The van der Waals surface area contributed by atoms with E-state index in [9.17, 15) is 5.11 Å². The van der Waals surface area contributed by atoms with E-state index in [1.807, 2.05) is 13.8 Å². The van der Waals surface area contributed by atoms with Crippen LogP contribution in [0, 0.1) is 23.8 Å². The van der Waals surface area contributed by atoms with Gasteiger partial charge in [-0.05, 0) is 76.7 Å². The van der Waals surface area contributed by atoms with E-state index in [2.05, 4.69) is 40.1 Å². The zero-order chi connectivity index (χ0) is 31.5. The fourth-order valence-corrected chi connectivity index (χ4v) is 6.83. The Morgan fingerprint density at radius 3 is 2.32 bits per heavy atom. The van der Waals surface area contributed by atoms with E-state index in [1.54, 1.807) is 0 Å². The molecule has 250 valence electrons. The second-order valence-corrected chi connectivity index (χ2v) is 12.5. The second kappa shape index (κ2) is 25.5. The summed E-state index contributed by atoms with van der Waals surface area (Å²) in [6.45, 7) is 16.7. The second-order valence-electron chi connectivity index (χ2n) is 11.7. The summed E-state index contributed by atoms with van der Waals surface area (Å²) in [6.07, 6.45) is 11.8. The summed E-state index contributed by atoms with van der Waals surface area (Å²) in [5.41, 5.74) is 0.925. The van der Waals surface area contributed by atoms with Crippen molar-refractivity contribution in [3.8, 4) is 6.07 Å². The van der Waals surface area contributed by atoms with Crippen LogP contribution in [0.3, 0.4) is 0 Å². The van der Waals surface area contributed by atoms with Crippen molar-refractivity contribution in [2.45, 2.75) is 146 Å². The minimum absolute atomic E-state index is 0. The third-order valence-corrected chi connectivity index (χ3v) is 9.29. The minimum atomic E-state index is -0.442. The largest absolute Gasteiger partial charge is 0.542 e. The Labute approximate surface area is 291 Å². The smallest absolute Gasteiger partial charge is 0.223 e. The van der Waals surface area contributed by atoms with Gasteiger partial charge < -0.3 is 44.6 Å². The van der Waals surface area contributed by atoms with E-state index >= 15 is 0 Å². The van der Waals surface area contributed by atoms with Gasteiger partial charge in [0.2, 0.25) is 6.04 Å².